The number of nitrogens with zero attached hydrogens (tertiary/aromatic N) is 2. The molecular weight excluding hydrogens is 444 g/mol. The highest BCUT2D eigenvalue weighted by atomic mass is 15.0. The Balaban J connectivity index is 1.44. The quantitative estimate of drug-likeness (QED) is 0.225. The maximum atomic E-state index is 6.46. The van der Waals surface area contributed by atoms with Crippen LogP contribution in [0.3, 0.4) is 0 Å². The van der Waals surface area contributed by atoms with Gasteiger partial charge < -0.3 is 21.4 Å². The van der Waals surface area contributed by atoms with Crippen LogP contribution in [-0.2, 0) is 0 Å². The third-order valence-corrected chi connectivity index (χ3v) is 7.07. The number of aromatic amines is 2. The number of nitrogens with two attached hydrogens (primary N) is 2. The molecule has 6 N–H and O–H groups in total. The van der Waals surface area contributed by atoms with Gasteiger partial charge in [0.15, 0.2) is 0 Å². The monoisotopic (exact) mass is 480 g/mol. The fourth-order valence-electron chi connectivity index (χ4n) is 4.45. The van der Waals surface area contributed by atoms with Gasteiger partial charge in [0, 0.05) is 5.39 Å². The minimum Gasteiger partial charge on any atom is -0.341 e. The summed E-state index contributed by atoms with van der Waals surface area (Å²) >= 11 is 0. The zero-order chi connectivity index (χ0) is 25.8. The molecule has 1 unspecified atom stereocenters. The van der Waals surface area contributed by atoms with Crippen molar-refractivity contribution >= 4 is 21.8 Å². The second-order valence-electron chi connectivity index (χ2n) is 12.0. The highest BCUT2D eigenvalue weighted by Crippen LogP contribution is 2.34. The predicted molar refractivity (Wildman–Crippen MR) is 149 cm³/mol. The number of hydrogen-bond acceptors (Lipinski definition) is 4. The fraction of sp³-hybridized carbons (Fsp3) is 0.333. The minimum atomic E-state index is -0.159. The largest absolute Gasteiger partial charge is 0.341 e. The molecule has 2 aromatic heterocycles. The van der Waals surface area contributed by atoms with Crippen molar-refractivity contribution in [2.75, 3.05) is 0 Å². The molecular formula is C30H36N6. The summed E-state index contributed by atoms with van der Waals surface area (Å²) in [5.41, 5.74) is 19.1. The third kappa shape index (κ3) is 4.43. The lowest BCUT2D eigenvalue weighted by molar-refractivity contribution is 0.317. The molecule has 0 aliphatic carbocycles. The zero-order valence-electron chi connectivity index (χ0n) is 22.0. The molecule has 6 nitrogen and oxygen atoms in total. The van der Waals surface area contributed by atoms with Crippen molar-refractivity contribution in [2.24, 2.45) is 22.3 Å². The molecule has 0 radical (unpaired) electrons. The number of hydrogen-bond donors (Lipinski definition) is 4. The molecule has 0 saturated carbocycles. The molecule has 0 saturated heterocycles. The Morgan fingerprint density at radius 2 is 1.31 bits per heavy atom. The first-order chi connectivity index (χ1) is 16.9. The summed E-state index contributed by atoms with van der Waals surface area (Å²) in [6.45, 7) is 12.8. The maximum Gasteiger partial charge on any atom is 0.124 e. The molecule has 0 amide bonds. The van der Waals surface area contributed by atoms with Gasteiger partial charge in [0.1, 0.15) is 11.6 Å². The van der Waals surface area contributed by atoms with Crippen LogP contribution in [0.15, 0.2) is 60.8 Å². The van der Waals surface area contributed by atoms with Crippen molar-refractivity contribution in [1.29, 1.82) is 0 Å². The molecule has 2 atom stereocenters. The van der Waals surface area contributed by atoms with E-state index in [4.69, 9.17) is 16.5 Å². The van der Waals surface area contributed by atoms with Crippen molar-refractivity contribution in [3.8, 4) is 22.4 Å². The highest BCUT2D eigenvalue weighted by molar-refractivity contribution is 6.05. The summed E-state index contributed by atoms with van der Waals surface area (Å²) < 4.78 is 0. The third-order valence-electron chi connectivity index (χ3n) is 7.07. The van der Waals surface area contributed by atoms with Crippen molar-refractivity contribution in [1.82, 2.24) is 19.9 Å². The molecule has 0 bridgehead atoms. The second-order valence-corrected chi connectivity index (χ2v) is 12.0. The van der Waals surface area contributed by atoms with E-state index in [0.717, 1.165) is 55.8 Å². The molecule has 0 fully saturated rings. The van der Waals surface area contributed by atoms with E-state index < -0.39 is 0 Å². The van der Waals surface area contributed by atoms with Gasteiger partial charge in [-0.15, -0.1) is 0 Å². The van der Waals surface area contributed by atoms with Crippen LogP contribution >= 0.6 is 0 Å². The van der Waals surface area contributed by atoms with E-state index in [9.17, 15) is 0 Å². The standard InChI is InChI=1S/C30H36N6/c1-29(2,3)25(31)27-33-16-23(35-27)18-9-7-17(8-10-18)19-11-13-21-20(15-19)12-14-22-24(21)36-28(34-22)26(32)30(4,5)6/h7-16,25-26H,31-32H2,1-6H3,(H,33,35)(H,34,36)/t25-,26?/m1/s1. The van der Waals surface area contributed by atoms with Gasteiger partial charge in [-0.05, 0) is 45.0 Å². The second kappa shape index (κ2) is 8.57. The summed E-state index contributed by atoms with van der Waals surface area (Å²) in [5.74, 6) is 1.64. The van der Waals surface area contributed by atoms with Crippen LogP contribution < -0.4 is 11.5 Å². The number of aromatic nitrogens is 4. The van der Waals surface area contributed by atoms with Crippen LogP contribution in [-0.4, -0.2) is 19.9 Å². The van der Waals surface area contributed by atoms with Gasteiger partial charge in [-0.25, -0.2) is 9.97 Å². The summed E-state index contributed by atoms with van der Waals surface area (Å²) in [4.78, 5) is 16.2. The van der Waals surface area contributed by atoms with E-state index in [-0.39, 0.29) is 22.9 Å². The number of imidazole rings is 2. The normalized spacial score (nSPS) is 14.4. The van der Waals surface area contributed by atoms with Gasteiger partial charge in [-0.2, -0.15) is 0 Å². The van der Waals surface area contributed by atoms with E-state index >= 15 is 0 Å². The molecule has 5 rings (SSSR count). The lowest BCUT2D eigenvalue weighted by atomic mass is 9.87. The summed E-state index contributed by atoms with van der Waals surface area (Å²) in [6, 6.07) is 19.0. The van der Waals surface area contributed by atoms with E-state index in [2.05, 4.69) is 111 Å². The summed E-state index contributed by atoms with van der Waals surface area (Å²) in [6.07, 6.45) is 1.86. The lowest BCUT2D eigenvalue weighted by Gasteiger charge is -2.24. The summed E-state index contributed by atoms with van der Waals surface area (Å²) in [5, 5.41) is 2.28. The number of fused-ring (bicyclic) bond motifs is 3. The Kier molecular flexibility index (Phi) is 5.77. The van der Waals surface area contributed by atoms with Crippen LogP contribution in [0.4, 0.5) is 0 Å². The van der Waals surface area contributed by atoms with Gasteiger partial charge >= 0.3 is 0 Å². The van der Waals surface area contributed by atoms with E-state index in [1.54, 1.807) is 0 Å². The summed E-state index contributed by atoms with van der Waals surface area (Å²) in [7, 11) is 0. The zero-order valence-corrected chi connectivity index (χ0v) is 22.0. The Morgan fingerprint density at radius 1 is 0.694 bits per heavy atom. The van der Waals surface area contributed by atoms with E-state index in [1.165, 1.54) is 0 Å². The number of nitrogens with one attached hydrogen (secondary N) is 2. The topological polar surface area (TPSA) is 109 Å². The highest BCUT2D eigenvalue weighted by Gasteiger charge is 2.26. The van der Waals surface area contributed by atoms with Gasteiger partial charge in [0.05, 0.1) is 35.0 Å². The SMILES string of the molecule is CC(C)(C)C(N)c1nc2c(ccc3cc(-c4ccc(-c5cnc([C@@H](N)C(C)(C)C)[nH]5)cc4)ccc32)[nH]1. The average molecular weight is 481 g/mol. The molecule has 0 aliphatic heterocycles. The molecule has 186 valence electrons. The van der Waals surface area contributed by atoms with Crippen molar-refractivity contribution in [2.45, 2.75) is 53.6 Å². The average Bonchev–Trinajstić information content (AvgIpc) is 3.49. The van der Waals surface area contributed by atoms with Crippen molar-refractivity contribution in [3.05, 3.63) is 72.4 Å². The molecule has 5 aromatic rings. The van der Waals surface area contributed by atoms with Crippen molar-refractivity contribution < 1.29 is 0 Å². The molecule has 2 heterocycles. The Labute approximate surface area is 212 Å². The van der Waals surface area contributed by atoms with Crippen LogP contribution in [0, 0.1) is 10.8 Å². The smallest absolute Gasteiger partial charge is 0.124 e. The maximum absolute atomic E-state index is 6.46. The van der Waals surface area contributed by atoms with Gasteiger partial charge in [-0.1, -0.05) is 84.0 Å². The Bertz CT molecular complexity index is 1530. The number of H-pyrrole nitrogens is 2. The predicted octanol–water partition coefficient (Wildman–Crippen LogP) is 6.87. The first kappa shape index (κ1) is 24.2. The van der Waals surface area contributed by atoms with Crippen molar-refractivity contribution in [3.63, 3.8) is 0 Å². The van der Waals surface area contributed by atoms with E-state index in [0.29, 0.717) is 0 Å². The van der Waals surface area contributed by atoms with Gasteiger partial charge in [-0.3, -0.25) is 0 Å². The fourth-order valence-corrected chi connectivity index (χ4v) is 4.45. The molecule has 0 aliphatic rings. The number of rotatable bonds is 4. The Hall–Kier alpha value is -3.48. The first-order valence-electron chi connectivity index (χ1n) is 12.5. The van der Waals surface area contributed by atoms with Crippen LogP contribution in [0.1, 0.15) is 65.3 Å². The van der Waals surface area contributed by atoms with E-state index in [1.807, 2.05) is 6.20 Å². The molecule has 36 heavy (non-hydrogen) atoms. The molecule has 6 heteroatoms. The Morgan fingerprint density at radius 3 is 1.97 bits per heavy atom. The minimum absolute atomic E-state index is 0.0588. The van der Waals surface area contributed by atoms with Gasteiger partial charge in [0.25, 0.3) is 0 Å². The van der Waals surface area contributed by atoms with Crippen LogP contribution in [0.5, 0.6) is 0 Å². The molecule has 3 aromatic carbocycles. The van der Waals surface area contributed by atoms with Gasteiger partial charge in [0.2, 0.25) is 0 Å². The molecule has 0 spiro atoms. The number of benzene rings is 3. The lowest BCUT2D eigenvalue weighted by Crippen LogP contribution is -2.27. The first-order valence-corrected chi connectivity index (χ1v) is 12.5. The van der Waals surface area contributed by atoms with Crippen LogP contribution in [0.25, 0.3) is 44.2 Å². The van der Waals surface area contributed by atoms with Crippen LogP contribution in [0.2, 0.25) is 0 Å².